The third-order valence-electron chi connectivity index (χ3n) is 5.10. The minimum atomic E-state index is -3.90. The number of nitrogens with one attached hydrogen (secondary N) is 2. The molecule has 0 atom stereocenters. The monoisotopic (exact) mass is 484 g/mol. The van der Waals surface area contributed by atoms with Gasteiger partial charge in [-0.15, -0.1) is 0 Å². The molecule has 1 aromatic heterocycles. The fourth-order valence-electron chi connectivity index (χ4n) is 3.29. The number of sulfonamides is 1. The number of hydrogen-bond acceptors (Lipinski definition) is 6. The van der Waals surface area contributed by atoms with E-state index in [2.05, 4.69) is 10.0 Å². The molecule has 0 bridgehead atoms. The molecule has 0 saturated heterocycles. The van der Waals surface area contributed by atoms with Crippen molar-refractivity contribution in [3.8, 4) is 0 Å². The van der Waals surface area contributed by atoms with Crippen molar-refractivity contribution in [3.63, 3.8) is 0 Å². The molecule has 3 aromatic rings. The molecule has 0 unspecified atom stereocenters. The Morgan fingerprint density at radius 1 is 1.03 bits per heavy atom. The maximum Gasteiger partial charge on any atom is 0.338 e. The Bertz CT molecular complexity index is 1270. The van der Waals surface area contributed by atoms with Gasteiger partial charge in [0, 0.05) is 5.69 Å². The fraction of sp³-hybridized carbons (Fsp3) is 0.280. The molecule has 0 aliphatic rings. The summed E-state index contributed by atoms with van der Waals surface area (Å²) in [6.07, 6.45) is 1.45. The quantitative estimate of drug-likeness (QED) is 0.464. The van der Waals surface area contributed by atoms with E-state index in [9.17, 15) is 18.0 Å². The van der Waals surface area contributed by atoms with Crippen molar-refractivity contribution < 1.29 is 27.2 Å². The molecule has 3 rings (SSSR count). The fourth-order valence-corrected chi connectivity index (χ4v) is 4.31. The maximum absolute atomic E-state index is 12.6. The number of furan rings is 1. The van der Waals surface area contributed by atoms with Crippen LogP contribution >= 0.6 is 0 Å². The molecule has 0 radical (unpaired) electrons. The molecule has 1 heterocycles. The van der Waals surface area contributed by atoms with Crippen LogP contribution in [0.2, 0.25) is 0 Å². The Kier molecular flexibility index (Phi) is 7.58. The van der Waals surface area contributed by atoms with Crippen LogP contribution in [0, 0.1) is 6.92 Å². The number of esters is 1. The van der Waals surface area contributed by atoms with E-state index < -0.39 is 28.5 Å². The van der Waals surface area contributed by atoms with E-state index in [0.717, 1.165) is 5.56 Å². The highest BCUT2D eigenvalue weighted by atomic mass is 32.2. The van der Waals surface area contributed by atoms with Gasteiger partial charge in [0.25, 0.3) is 5.91 Å². The summed E-state index contributed by atoms with van der Waals surface area (Å²) >= 11 is 0. The highest BCUT2D eigenvalue weighted by Crippen LogP contribution is 2.29. The van der Waals surface area contributed by atoms with Gasteiger partial charge < -0.3 is 14.5 Å². The van der Waals surface area contributed by atoms with Crippen LogP contribution in [-0.2, 0) is 31.5 Å². The first-order chi connectivity index (χ1) is 16.0. The summed E-state index contributed by atoms with van der Waals surface area (Å²) in [7, 11) is -3.90. The Hall–Kier alpha value is -3.43. The molecule has 2 N–H and O–H groups in total. The molecule has 2 aromatic carbocycles. The van der Waals surface area contributed by atoms with Crippen LogP contribution < -0.4 is 10.0 Å². The normalized spacial score (nSPS) is 11.8. The van der Waals surface area contributed by atoms with Crippen molar-refractivity contribution in [2.75, 3.05) is 11.9 Å². The molecule has 0 saturated carbocycles. The number of anilines is 1. The molecule has 180 valence electrons. The highest BCUT2D eigenvalue weighted by molar-refractivity contribution is 7.89. The molecule has 8 nitrogen and oxygen atoms in total. The lowest BCUT2D eigenvalue weighted by molar-refractivity contribution is -0.119. The van der Waals surface area contributed by atoms with Gasteiger partial charge >= 0.3 is 5.97 Å². The number of hydrogen-bond donors (Lipinski definition) is 2. The topological polar surface area (TPSA) is 115 Å². The number of benzene rings is 2. The van der Waals surface area contributed by atoms with Crippen LogP contribution in [0.25, 0.3) is 0 Å². The Morgan fingerprint density at radius 2 is 1.76 bits per heavy atom. The molecule has 0 aliphatic carbocycles. The summed E-state index contributed by atoms with van der Waals surface area (Å²) in [6, 6.07) is 14.9. The van der Waals surface area contributed by atoms with Crippen LogP contribution in [0.3, 0.4) is 0 Å². The number of carbonyl (C=O) groups is 2. The Balaban J connectivity index is 1.67. The van der Waals surface area contributed by atoms with Crippen molar-refractivity contribution in [2.45, 2.75) is 44.6 Å². The standard InChI is InChI=1S/C25H28N2O6S/c1-17-11-12-19(34(30,31)26-15-18-8-7-13-32-18)14-20(17)24(29)33-16-23(28)27-22-10-6-5-9-21(22)25(2,3)4/h5-14,26H,15-16H2,1-4H3,(H,27,28). The zero-order chi connectivity index (χ0) is 24.9. The number of amides is 1. The van der Waals surface area contributed by atoms with Crippen LogP contribution in [0.15, 0.2) is 70.2 Å². The van der Waals surface area contributed by atoms with Gasteiger partial charge in [0.2, 0.25) is 10.0 Å². The van der Waals surface area contributed by atoms with E-state index in [4.69, 9.17) is 9.15 Å². The number of carbonyl (C=O) groups excluding carboxylic acids is 2. The van der Waals surface area contributed by atoms with Crippen LogP contribution in [0.4, 0.5) is 5.69 Å². The summed E-state index contributed by atoms with van der Waals surface area (Å²) in [4.78, 5) is 25.0. The van der Waals surface area contributed by atoms with Crippen LogP contribution in [0.5, 0.6) is 0 Å². The van der Waals surface area contributed by atoms with Gasteiger partial charge in [0.05, 0.1) is 23.3 Å². The maximum atomic E-state index is 12.6. The van der Waals surface area contributed by atoms with Crippen molar-refractivity contribution in [2.24, 2.45) is 0 Å². The molecule has 0 aliphatic heterocycles. The van der Waals surface area contributed by atoms with Gasteiger partial charge in [-0.2, -0.15) is 0 Å². The second-order valence-corrected chi connectivity index (χ2v) is 10.6. The van der Waals surface area contributed by atoms with E-state index in [0.29, 0.717) is 17.0 Å². The number of ether oxygens (including phenoxy) is 1. The molecule has 34 heavy (non-hydrogen) atoms. The van der Waals surface area contributed by atoms with Crippen molar-refractivity contribution >= 4 is 27.6 Å². The largest absolute Gasteiger partial charge is 0.468 e. The lowest BCUT2D eigenvalue weighted by atomic mass is 9.86. The first-order valence-electron chi connectivity index (χ1n) is 10.7. The van der Waals surface area contributed by atoms with E-state index in [-0.39, 0.29) is 22.4 Å². The van der Waals surface area contributed by atoms with Crippen molar-refractivity contribution in [3.05, 3.63) is 83.3 Å². The van der Waals surface area contributed by atoms with Crippen LogP contribution in [0.1, 0.15) is 48.0 Å². The summed E-state index contributed by atoms with van der Waals surface area (Å²) in [5, 5.41) is 2.77. The average molecular weight is 485 g/mol. The summed E-state index contributed by atoms with van der Waals surface area (Å²) in [5.41, 5.74) is 1.99. The van der Waals surface area contributed by atoms with Crippen LogP contribution in [-0.4, -0.2) is 26.9 Å². The number of para-hydroxylation sites is 1. The van der Waals surface area contributed by atoms with E-state index in [1.807, 2.05) is 39.0 Å². The second-order valence-electron chi connectivity index (χ2n) is 8.80. The van der Waals surface area contributed by atoms with Gasteiger partial charge in [-0.3, -0.25) is 4.79 Å². The molecular weight excluding hydrogens is 456 g/mol. The third kappa shape index (κ3) is 6.33. The minimum Gasteiger partial charge on any atom is -0.468 e. The second kappa shape index (κ2) is 10.2. The molecule has 0 fully saturated rings. The summed E-state index contributed by atoms with van der Waals surface area (Å²) in [5.74, 6) is -0.833. The van der Waals surface area contributed by atoms with Crippen molar-refractivity contribution in [1.82, 2.24) is 4.72 Å². The van der Waals surface area contributed by atoms with Gasteiger partial charge in [-0.1, -0.05) is 45.0 Å². The smallest absolute Gasteiger partial charge is 0.338 e. The summed E-state index contributed by atoms with van der Waals surface area (Å²) < 4.78 is 38.0. The SMILES string of the molecule is Cc1ccc(S(=O)(=O)NCc2ccco2)cc1C(=O)OCC(=O)Nc1ccccc1C(C)(C)C. The molecule has 1 amide bonds. The van der Waals surface area contributed by atoms with Gasteiger partial charge in [-0.05, 0) is 53.8 Å². The van der Waals surface area contributed by atoms with E-state index >= 15 is 0 Å². The molecule has 0 spiro atoms. The Labute approximate surface area is 199 Å². The molecule has 9 heteroatoms. The number of rotatable bonds is 8. The van der Waals surface area contributed by atoms with Gasteiger partial charge in [0.1, 0.15) is 5.76 Å². The highest BCUT2D eigenvalue weighted by Gasteiger charge is 2.21. The first-order valence-corrected chi connectivity index (χ1v) is 12.1. The zero-order valence-electron chi connectivity index (χ0n) is 19.5. The first kappa shape index (κ1) is 25.2. The van der Waals surface area contributed by atoms with E-state index in [1.54, 1.807) is 25.1 Å². The predicted octanol–water partition coefficient (Wildman–Crippen LogP) is 4.16. The zero-order valence-corrected chi connectivity index (χ0v) is 20.4. The summed E-state index contributed by atoms with van der Waals surface area (Å²) in [6.45, 7) is 7.22. The average Bonchev–Trinajstić information content (AvgIpc) is 3.30. The van der Waals surface area contributed by atoms with E-state index in [1.165, 1.54) is 24.5 Å². The van der Waals surface area contributed by atoms with Gasteiger partial charge in [-0.25, -0.2) is 17.9 Å². The lowest BCUT2D eigenvalue weighted by Gasteiger charge is -2.23. The lowest BCUT2D eigenvalue weighted by Crippen LogP contribution is -2.25. The predicted molar refractivity (Wildman–Crippen MR) is 128 cm³/mol. The number of aryl methyl sites for hydroxylation is 1. The molecular formula is C25H28N2O6S. The van der Waals surface area contributed by atoms with Gasteiger partial charge in [0.15, 0.2) is 6.61 Å². The van der Waals surface area contributed by atoms with Crippen molar-refractivity contribution in [1.29, 1.82) is 0 Å². The Morgan fingerprint density at radius 3 is 2.44 bits per heavy atom. The third-order valence-corrected chi connectivity index (χ3v) is 6.50. The minimum absolute atomic E-state index is 0.0286.